The average Bonchev–Trinajstić information content (AvgIpc) is 3.18. The van der Waals surface area contributed by atoms with E-state index >= 15 is 0 Å². The minimum Gasteiger partial charge on any atom is -0.339 e. The van der Waals surface area contributed by atoms with E-state index in [2.05, 4.69) is 26.7 Å². The molecule has 0 unspecified atom stereocenters. The standard InChI is InChI=1S/C25H32N4O3S2/c1-18(2)15-23(27-34(31,32)21-9-10-22-24(16-21)33-19(3)26-22)25(30)29-13-11-28(12-14-29)17-20-7-5-4-6-8-20/h4-10,16,18,23,27H,11-15,17H2,1-3H3/t23-/m1/s1. The Hall–Kier alpha value is -2.33. The zero-order chi connectivity index (χ0) is 24.3. The van der Waals surface area contributed by atoms with Crippen LogP contribution >= 0.6 is 11.3 Å². The molecule has 4 rings (SSSR count). The van der Waals surface area contributed by atoms with E-state index in [1.165, 1.54) is 16.9 Å². The normalized spacial score (nSPS) is 16.3. The molecule has 7 nitrogen and oxygen atoms in total. The first-order valence-electron chi connectivity index (χ1n) is 11.7. The largest absolute Gasteiger partial charge is 0.339 e. The topological polar surface area (TPSA) is 82.6 Å². The molecule has 0 radical (unpaired) electrons. The van der Waals surface area contributed by atoms with Gasteiger partial charge in [-0.25, -0.2) is 13.4 Å². The van der Waals surface area contributed by atoms with Crippen molar-refractivity contribution in [3.63, 3.8) is 0 Å². The lowest BCUT2D eigenvalue weighted by Crippen LogP contribution is -2.55. The third-order valence-corrected chi connectivity index (χ3v) is 8.42. The Kier molecular flexibility index (Phi) is 7.67. The van der Waals surface area contributed by atoms with Crippen LogP contribution in [0.4, 0.5) is 0 Å². The monoisotopic (exact) mass is 500 g/mol. The number of fused-ring (bicyclic) bond motifs is 1. The molecule has 0 bridgehead atoms. The van der Waals surface area contributed by atoms with E-state index in [-0.39, 0.29) is 16.7 Å². The van der Waals surface area contributed by atoms with Gasteiger partial charge in [0.15, 0.2) is 0 Å². The summed E-state index contributed by atoms with van der Waals surface area (Å²) in [5.41, 5.74) is 2.03. The predicted octanol–water partition coefficient (Wildman–Crippen LogP) is 3.64. The van der Waals surface area contributed by atoms with Gasteiger partial charge in [-0.05, 0) is 43.0 Å². The fourth-order valence-corrected chi connectivity index (χ4v) is 6.47. The molecular weight excluding hydrogens is 468 g/mol. The van der Waals surface area contributed by atoms with Crippen molar-refractivity contribution < 1.29 is 13.2 Å². The van der Waals surface area contributed by atoms with Gasteiger partial charge in [0.25, 0.3) is 0 Å². The molecule has 1 N–H and O–H groups in total. The minimum atomic E-state index is -3.85. The molecule has 2 heterocycles. The molecule has 34 heavy (non-hydrogen) atoms. The maximum absolute atomic E-state index is 13.4. The third-order valence-electron chi connectivity index (χ3n) is 6.01. The zero-order valence-electron chi connectivity index (χ0n) is 19.9. The van der Waals surface area contributed by atoms with Crippen LogP contribution in [0.15, 0.2) is 53.4 Å². The molecule has 1 amide bonds. The molecule has 0 saturated carbocycles. The predicted molar refractivity (Wildman–Crippen MR) is 136 cm³/mol. The first-order valence-corrected chi connectivity index (χ1v) is 14.0. The van der Waals surface area contributed by atoms with Gasteiger partial charge < -0.3 is 4.90 Å². The van der Waals surface area contributed by atoms with Crippen LogP contribution in [0.1, 0.15) is 30.8 Å². The van der Waals surface area contributed by atoms with Gasteiger partial charge in [0, 0.05) is 32.7 Å². The van der Waals surface area contributed by atoms with Crippen molar-refractivity contribution in [2.75, 3.05) is 26.2 Å². The van der Waals surface area contributed by atoms with Gasteiger partial charge in [-0.3, -0.25) is 9.69 Å². The van der Waals surface area contributed by atoms with Crippen LogP contribution in [0.25, 0.3) is 10.2 Å². The van der Waals surface area contributed by atoms with Crippen LogP contribution in [-0.4, -0.2) is 61.3 Å². The number of amides is 1. The molecule has 1 aliphatic rings. The van der Waals surface area contributed by atoms with Gasteiger partial charge in [0.05, 0.1) is 20.1 Å². The van der Waals surface area contributed by atoms with Crippen molar-refractivity contribution in [3.05, 3.63) is 59.1 Å². The van der Waals surface area contributed by atoms with Crippen LogP contribution in [0.2, 0.25) is 0 Å². The number of hydrogen-bond acceptors (Lipinski definition) is 6. The van der Waals surface area contributed by atoms with Gasteiger partial charge in [-0.2, -0.15) is 4.72 Å². The van der Waals surface area contributed by atoms with Crippen molar-refractivity contribution in [2.24, 2.45) is 5.92 Å². The number of carbonyl (C=O) groups is 1. The van der Waals surface area contributed by atoms with Crippen molar-refractivity contribution in [1.82, 2.24) is 19.5 Å². The smallest absolute Gasteiger partial charge is 0.241 e. The van der Waals surface area contributed by atoms with E-state index in [0.29, 0.717) is 19.5 Å². The number of aromatic nitrogens is 1. The van der Waals surface area contributed by atoms with Crippen molar-refractivity contribution in [2.45, 2.75) is 44.7 Å². The number of sulfonamides is 1. The van der Waals surface area contributed by atoms with E-state index in [4.69, 9.17) is 0 Å². The van der Waals surface area contributed by atoms with Crippen molar-refractivity contribution >= 4 is 37.5 Å². The number of nitrogens with one attached hydrogen (secondary N) is 1. The Balaban J connectivity index is 1.44. The zero-order valence-corrected chi connectivity index (χ0v) is 21.5. The quantitative estimate of drug-likeness (QED) is 0.511. The van der Waals surface area contributed by atoms with Gasteiger partial charge in [-0.1, -0.05) is 44.2 Å². The second kappa shape index (κ2) is 10.5. The summed E-state index contributed by atoms with van der Waals surface area (Å²) in [6.07, 6.45) is 0.449. The van der Waals surface area contributed by atoms with Crippen LogP contribution in [0, 0.1) is 12.8 Å². The van der Waals surface area contributed by atoms with Crippen LogP contribution < -0.4 is 4.72 Å². The fraction of sp³-hybridized carbons (Fsp3) is 0.440. The number of aryl methyl sites for hydroxylation is 1. The summed E-state index contributed by atoms with van der Waals surface area (Å²) in [6.45, 7) is 9.46. The molecule has 1 aromatic heterocycles. The molecule has 1 saturated heterocycles. The highest BCUT2D eigenvalue weighted by molar-refractivity contribution is 7.89. The Morgan fingerprint density at radius 2 is 1.79 bits per heavy atom. The SMILES string of the molecule is Cc1nc2ccc(S(=O)(=O)N[C@H](CC(C)C)C(=O)N3CCN(Cc4ccccc4)CC3)cc2s1. The first-order chi connectivity index (χ1) is 16.2. The number of rotatable bonds is 8. The number of piperazine rings is 1. The van der Waals surface area contributed by atoms with Crippen LogP contribution in [-0.2, 0) is 21.4 Å². The number of thiazole rings is 1. The Morgan fingerprint density at radius 3 is 2.47 bits per heavy atom. The highest BCUT2D eigenvalue weighted by atomic mass is 32.2. The van der Waals surface area contributed by atoms with Gasteiger partial charge in [0.2, 0.25) is 15.9 Å². The maximum Gasteiger partial charge on any atom is 0.241 e. The molecule has 182 valence electrons. The Bertz CT molecular complexity index is 1230. The summed E-state index contributed by atoms with van der Waals surface area (Å²) in [6, 6.07) is 14.4. The summed E-state index contributed by atoms with van der Waals surface area (Å²) < 4.78 is 30.0. The van der Waals surface area contributed by atoms with Crippen LogP contribution in [0.3, 0.4) is 0 Å². The minimum absolute atomic E-state index is 0.147. The summed E-state index contributed by atoms with van der Waals surface area (Å²) >= 11 is 1.46. The lowest BCUT2D eigenvalue weighted by atomic mass is 10.0. The third kappa shape index (κ3) is 6.02. The second-order valence-corrected chi connectivity index (χ2v) is 12.2. The van der Waals surface area contributed by atoms with Crippen molar-refractivity contribution in [3.8, 4) is 0 Å². The average molecular weight is 501 g/mol. The number of carbonyl (C=O) groups excluding carboxylic acids is 1. The number of benzene rings is 2. The van der Waals surface area contributed by atoms with E-state index in [9.17, 15) is 13.2 Å². The summed E-state index contributed by atoms with van der Waals surface area (Å²) in [5, 5.41) is 0.886. The molecule has 3 aromatic rings. The molecule has 0 spiro atoms. The fourth-order valence-electron chi connectivity index (χ4n) is 4.30. The van der Waals surface area contributed by atoms with Gasteiger partial charge in [0.1, 0.15) is 6.04 Å². The molecule has 1 fully saturated rings. The van der Waals surface area contributed by atoms with Gasteiger partial charge in [-0.15, -0.1) is 11.3 Å². The summed E-state index contributed by atoms with van der Waals surface area (Å²) in [7, 11) is -3.85. The molecule has 1 atom stereocenters. The molecule has 0 aliphatic carbocycles. The number of hydrogen-bond donors (Lipinski definition) is 1. The van der Waals surface area contributed by atoms with Gasteiger partial charge >= 0.3 is 0 Å². The Morgan fingerprint density at radius 1 is 1.09 bits per heavy atom. The summed E-state index contributed by atoms with van der Waals surface area (Å²) in [5.74, 6) is 0.0222. The molecule has 2 aromatic carbocycles. The first kappa shape index (κ1) is 24.8. The molecular formula is C25H32N4O3S2. The van der Waals surface area contributed by atoms with E-state index < -0.39 is 16.1 Å². The molecule has 9 heteroatoms. The van der Waals surface area contributed by atoms with E-state index in [1.807, 2.05) is 39.0 Å². The summed E-state index contributed by atoms with van der Waals surface area (Å²) in [4.78, 5) is 22.1. The van der Waals surface area contributed by atoms with E-state index in [0.717, 1.165) is 34.9 Å². The Labute approximate surface area is 205 Å². The highest BCUT2D eigenvalue weighted by Crippen LogP contribution is 2.25. The maximum atomic E-state index is 13.4. The lowest BCUT2D eigenvalue weighted by molar-refractivity contribution is -0.135. The second-order valence-electron chi connectivity index (χ2n) is 9.25. The molecule has 1 aliphatic heterocycles. The number of nitrogens with zero attached hydrogens (tertiary/aromatic N) is 3. The highest BCUT2D eigenvalue weighted by Gasteiger charge is 2.31. The van der Waals surface area contributed by atoms with Crippen molar-refractivity contribution in [1.29, 1.82) is 0 Å². The lowest BCUT2D eigenvalue weighted by Gasteiger charge is -2.36. The van der Waals surface area contributed by atoms with Crippen LogP contribution in [0.5, 0.6) is 0 Å². The van der Waals surface area contributed by atoms with E-state index in [1.54, 1.807) is 23.1 Å².